The molecule has 0 atom stereocenters. The number of hydrogen-bond donors (Lipinski definition) is 2. The van der Waals surface area contributed by atoms with Crippen molar-refractivity contribution in [3.8, 4) is 0 Å². The van der Waals surface area contributed by atoms with Gasteiger partial charge in [0.25, 0.3) is 0 Å². The second kappa shape index (κ2) is 6.21. The van der Waals surface area contributed by atoms with E-state index in [0.717, 1.165) is 10.9 Å². The average Bonchev–Trinajstić information content (AvgIpc) is 2.67. The van der Waals surface area contributed by atoms with Crippen LogP contribution < -0.4 is 5.43 Å². The van der Waals surface area contributed by atoms with E-state index < -0.39 is 11.4 Å². The number of aromatic nitrogens is 2. The number of carboxylic acid groups (broad SMARTS) is 1. The fraction of sp³-hybridized carbons (Fsp3) is 0. The van der Waals surface area contributed by atoms with Crippen LogP contribution in [-0.2, 0) is 0 Å². The molecular formula is C19H12N4O3. The van der Waals surface area contributed by atoms with E-state index in [4.69, 9.17) is 0 Å². The van der Waals surface area contributed by atoms with Crippen molar-refractivity contribution < 1.29 is 9.90 Å². The minimum Gasteiger partial charge on any atom is -0.477 e. The lowest BCUT2D eigenvalue weighted by Gasteiger charge is -2.03. The second-order valence-corrected chi connectivity index (χ2v) is 5.59. The summed E-state index contributed by atoms with van der Waals surface area (Å²) in [5.74, 6) is -0.999. The topological polar surface area (TPSA) is 108 Å². The Balaban J connectivity index is 1.86. The Bertz CT molecular complexity index is 1240. The first-order chi connectivity index (χ1) is 12.6. The van der Waals surface area contributed by atoms with Gasteiger partial charge in [-0.3, -0.25) is 4.79 Å². The predicted octanol–water partition coefficient (Wildman–Crippen LogP) is 4.19. The summed E-state index contributed by atoms with van der Waals surface area (Å²) in [4.78, 5) is 31.2. The highest BCUT2D eigenvalue weighted by Gasteiger charge is 2.17. The van der Waals surface area contributed by atoms with E-state index in [0.29, 0.717) is 10.9 Å². The number of nitrogens with one attached hydrogen (secondary N) is 1. The van der Waals surface area contributed by atoms with Gasteiger partial charge in [-0.05, 0) is 30.3 Å². The zero-order valence-electron chi connectivity index (χ0n) is 13.4. The number of aromatic carboxylic acids is 1. The van der Waals surface area contributed by atoms with Gasteiger partial charge in [0.1, 0.15) is 0 Å². The summed E-state index contributed by atoms with van der Waals surface area (Å²) in [5.41, 5.74) is 0.0956. The molecule has 0 spiro atoms. The van der Waals surface area contributed by atoms with Crippen LogP contribution in [0.3, 0.4) is 0 Å². The zero-order valence-corrected chi connectivity index (χ0v) is 13.4. The summed E-state index contributed by atoms with van der Waals surface area (Å²) < 4.78 is 0. The number of para-hydroxylation sites is 2. The average molecular weight is 344 g/mol. The Hall–Kier alpha value is -3.87. The number of fused-ring (bicyclic) bond motifs is 2. The lowest BCUT2D eigenvalue weighted by atomic mass is 10.1. The molecule has 7 heteroatoms. The van der Waals surface area contributed by atoms with Crippen molar-refractivity contribution in [3.05, 3.63) is 76.6 Å². The smallest absolute Gasteiger partial charge is 0.354 e. The molecule has 0 aliphatic rings. The fourth-order valence-electron chi connectivity index (χ4n) is 2.69. The molecular weight excluding hydrogens is 332 g/mol. The maximum Gasteiger partial charge on any atom is 0.354 e. The highest BCUT2D eigenvalue weighted by atomic mass is 16.4. The summed E-state index contributed by atoms with van der Waals surface area (Å²) in [6.07, 6.45) is 0. The number of carboxylic acids is 1. The van der Waals surface area contributed by atoms with Crippen molar-refractivity contribution in [2.75, 3.05) is 0 Å². The van der Waals surface area contributed by atoms with Crippen molar-refractivity contribution in [1.82, 2.24) is 9.97 Å². The van der Waals surface area contributed by atoms with Crippen LogP contribution in [0.5, 0.6) is 0 Å². The number of rotatable bonds is 3. The molecule has 0 fully saturated rings. The second-order valence-electron chi connectivity index (χ2n) is 5.59. The van der Waals surface area contributed by atoms with Gasteiger partial charge in [0.2, 0.25) is 5.43 Å². The first kappa shape index (κ1) is 15.6. The SMILES string of the molecule is O=C(O)c1[nH]c2ccccc2c(=O)c1N=Nc1ccc2ccccc2n1. The number of hydrogen-bond acceptors (Lipinski definition) is 5. The van der Waals surface area contributed by atoms with E-state index in [1.54, 1.807) is 30.3 Å². The molecule has 7 nitrogen and oxygen atoms in total. The molecule has 0 saturated heterocycles. The Labute approximate surface area is 146 Å². The van der Waals surface area contributed by atoms with E-state index >= 15 is 0 Å². The summed E-state index contributed by atoms with van der Waals surface area (Å²) >= 11 is 0. The van der Waals surface area contributed by atoms with E-state index in [9.17, 15) is 14.7 Å². The molecule has 0 radical (unpaired) electrons. The first-order valence-electron chi connectivity index (χ1n) is 7.79. The van der Waals surface area contributed by atoms with Crippen molar-refractivity contribution in [1.29, 1.82) is 0 Å². The molecule has 0 unspecified atom stereocenters. The molecule has 2 N–H and O–H groups in total. The third-order valence-corrected chi connectivity index (χ3v) is 3.93. The molecule has 0 bridgehead atoms. The highest BCUT2D eigenvalue weighted by Crippen LogP contribution is 2.22. The van der Waals surface area contributed by atoms with Gasteiger partial charge < -0.3 is 10.1 Å². The highest BCUT2D eigenvalue weighted by molar-refractivity contribution is 5.95. The number of benzene rings is 2. The Morgan fingerprint density at radius 1 is 0.962 bits per heavy atom. The summed E-state index contributed by atoms with van der Waals surface area (Å²) in [6.45, 7) is 0. The molecule has 26 heavy (non-hydrogen) atoms. The molecule has 126 valence electrons. The lowest BCUT2D eigenvalue weighted by Crippen LogP contribution is -2.11. The summed E-state index contributed by atoms with van der Waals surface area (Å²) in [5, 5.41) is 18.6. The number of aromatic amines is 1. The third kappa shape index (κ3) is 2.71. The van der Waals surface area contributed by atoms with Gasteiger partial charge in [-0.1, -0.05) is 30.3 Å². The summed E-state index contributed by atoms with van der Waals surface area (Å²) in [6, 6.07) is 17.6. The largest absolute Gasteiger partial charge is 0.477 e. The number of nitrogens with zero attached hydrogens (tertiary/aromatic N) is 3. The quantitative estimate of drug-likeness (QED) is 0.543. The Morgan fingerprint density at radius 2 is 1.73 bits per heavy atom. The minimum atomic E-state index is -1.28. The van der Waals surface area contributed by atoms with Gasteiger partial charge >= 0.3 is 5.97 Å². The monoisotopic (exact) mass is 344 g/mol. The minimum absolute atomic E-state index is 0.258. The number of carbonyl (C=O) groups is 1. The van der Waals surface area contributed by atoms with Crippen LogP contribution in [-0.4, -0.2) is 21.0 Å². The lowest BCUT2D eigenvalue weighted by molar-refractivity contribution is 0.0692. The van der Waals surface area contributed by atoms with Crippen LogP contribution in [0.1, 0.15) is 10.5 Å². The van der Waals surface area contributed by atoms with Crippen LogP contribution >= 0.6 is 0 Å². The van der Waals surface area contributed by atoms with E-state index in [1.807, 2.05) is 30.3 Å². The van der Waals surface area contributed by atoms with Crippen LogP contribution in [0.15, 0.2) is 75.7 Å². The zero-order chi connectivity index (χ0) is 18.1. The molecule has 2 heterocycles. The first-order valence-corrected chi connectivity index (χ1v) is 7.79. The van der Waals surface area contributed by atoms with Gasteiger partial charge in [0, 0.05) is 10.8 Å². The Morgan fingerprint density at radius 3 is 2.58 bits per heavy atom. The maximum absolute atomic E-state index is 12.6. The predicted molar refractivity (Wildman–Crippen MR) is 97.4 cm³/mol. The molecule has 2 aromatic carbocycles. The van der Waals surface area contributed by atoms with Crippen LogP contribution in [0.2, 0.25) is 0 Å². The maximum atomic E-state index is 12.6. The molecule has 0 aliphatic carbocycles. The van der Waals surface area contributed by atoms with Crippen molar-refractivity contribution in [2.45, 2.75) is 0 Å². The van der Waals surface area contributed by atoms with E-state index in [2.05, 4.69) is 20.2 Å². The number of azo groups is 1. The normalized spacial score (nSPS) is 11.4. The van der Waals surface area contributed by atoms with Crippen LogP contribution in [0, 0.1) is 0 Å². The van der Waals surface area contributed by atoms with Crippen LogP contribution in [0.4, 0.5) is 11.5 Å². The van der Waals surface area contributed by atoms with Crippen molar-refractivity contribution in [2.24, 2.45) is 10.2 Å². The molecule has 0 aliphatic heterocycles. The van der Waals surface area contributed by atoms with Gasteiger partial charge in [-0.15, -0.1) is 10.2 Å². The standard InChI is InChI=1S/C19H12N4O3/c24-18-12-6-2-4-8-14(12)21-17(19(25)26)16(18)23-22-15-10-9-11-5-1-3-7-13(11)20-15/h1-10H,(H,21,24)(H,25,26). The van der Waals surface area contributed by atoms with Crippen molar-refractivity contribution in [3.63, 3.8) is 0 Å². The number of pyridine rings is 2. The van der Waals surface area contributed by atoms with Gasteiger partial charge in [-0.25, -0.2) is 9.78 Å². The fourth-order valence-corrected chi connectivity index (χ4v) is 2.69. The molecule has 0 saturated carbocycles. The van der Waals surface area contributed by atoms with Gasteiger partial charge in [0.15, 0.2) is 17.2 Å². The molecule has 0 amide bonds. The summed E-state index contributed by atoms with van der Waals surface area (Å²) in [7, 11) is 0. The van der Waals surface area contributed by atoms with Gasteiger partial charge in [-0.2, -0.15) is 0 Å². The van der Waals surface area contributed by atoms with E-state index in [-0.39, 0.29) is 17.2 Å². The molecule has 4 aromatic rings. The van der Waals surface area contributed by atoms with Crippen molar-refractivity contribution >= 4 is 39.3 Å². The van der Waals surface area contributed by atoms with Gasteiger partial charge in [0.05, 0.1) is 11.0 Å². The van der Waals surface area contributed by atoms with Crippen LogP contribution in [0.25, 0.3) is 21.8 Å². The third-order valence-electron chi connectivity index (χ3n) is 3.93. The Kier molecular flexibility index (Phi) is 3.74. The number of H-pyrrole nitrogens is 1. The molecule has 2 aromatic heterocycles. The van der Waals surface area contributed by atoms with E-state index in [1.165, 1.54) is 0 Å². The molecule has 4 rings (SSSR count).